The minimum atomic E-state index is -0.440. The number of nitrogens with one attached hydrogen (secondary N) is 1. The van der Waals surface area contributed by atoms with Crippen LogP contribution in [0, 0.1) is 15.5 Å². The summed E-state index contributed by atoms with van der Waals surface area (Å²) >= 11 is 5.79. The van der Waals surface area contributed by atoms with Crippen LogP contribution in [-0.2, 0) is 6.54 Å². The highest BCUT2D eigenvalue weighted by Gasteiger charge is 2.30. The standard InChI is InChI=1S/C14H19ClN2O2/c1-14(2)6-5-11(8-14)16-9-10-3-4-12(15)13(7-10)17(18)19/h3-4,7,11,16H,5-6,8-9H2,1-2H3. The Kier molecular flexibility index (Phi) is 4.11. The molecule has 5 heteroatoms. The first-order valence-corrected chi connectivity index (χ1v) is 6.91. The Bertz CT molecular complexity index is 488. The van der Waals surface area contributed by atoms with Crippen LogP contribution >= 0.6 is 11.6 Å². The highest BCUT2D eigenvalue weighted by Crippen LogP contribution is 2.37. The van der Waals surface area contributed by atoms with Crippen LogP contribution in [0.5, 0.6) is 0 Å². The van der Waals surface area contributed by atoms with E-state index in [0.717, 1.165) is 12.0 Å². The van der Waals surface area contributed by atoms with Crippen LogP contribution in [0.4, 0.5) is 5.69 Å². The van der Waals surface area contributed by atoms with Gasteiger partial charge in [-0.3, -0.25) is 10.1 Å². The van der Waals surface area contributed by atoms with Crippen LogP contribution in [0.15, 0.2) is 18.2 Å². The van der Waals surface area contributed by atoms with Crippen LogP contribution < -0.4 is 5.32 Å². The first-order chi connectivity index (χ1) is 8.87. The van der Waals surface area contributed by atoms with Crippen molar-refractivity contribution in [1.82, 2.24) is 5.32 Å². The van der Waals surface area contributed by atoms with Gasteiger partial charge in [0, 0.05) is 18.7 Å². The molecule has 1 N–H and O–H groups in total. The van der Waals surface area contributed by atoms with E-state index in [1.54, 1.807) is 12.1 Å². The Labute approximate surface area is 118 Å². The van der Waals surface area contributed by atoms with Crippen molar-refractivity contribution < 1.29 is 4.92 Å². The average molecular weight is 283 g/mol. The fourth-order valence-corrected chi connectivity index (χ4v) is 2.87. The summed E-state index contributed by atoms with van der Waals surface area (Å²) in [7, 11) is 0. The van der Waals surface area contributed by atoms with Crippen molar-refractivity contribution in [2.75, 3.05) is 0 Å². The van der Waals surface area contributed by atoms with Gasteiger partial charge in [0.1, 0.15) is 5.02 Å². The molecular formula is C14H19ClN2O2. The number of rotatable bonds is 4. The lowest BCUT2D eigenvalue weighted by atomic mass is 9.92. The predicted octanol–water partition coefficient (Wildman–Crippen LogP) is 3.92. The van der Waals surface area contributed by atoms with Crippen LogP contribution in [0.1, 0.15) is 38.7 Å². The molecular weight excluding hydrogens is 264 g/mol. The SMILES string of the molecule is CC1(C)CCC(NCc2ccc(Cl)c([N+](=O)[O-])c2)C1. The fourth-order valence-electron chi connectivity index (χ4n) is 2.68. The van der Waals surface area contributed by atoms with Crippen molar-refractivity contribution in [2.45, 2.75) is 45.7 Å². The van der Waals surface area contributed by atoms with Gasteiger partial charge in [-0.1, -0.05) is 31.5 Å². The minimum absolute atomic E-state index is 0.0206. The molecule has 0 aromatic heterocycles. The molecule has 0 radical (unpaired) electrons. The quantitative estimate of drug-likeness (QED) is 0.673. The zero-order valence-electron chi connectivity index (χ0n) is 11.3. The van der Waals surface area contributed by atoms with E-state index in [0.29, 0.717) is 18.0 Å². The number of halogens is 1. The molecule has 0 saturated heterocycles. The molecule has 104 valence electrons. The molecule has 19 heavy (non-hydrogen) atoms. The normalized spacial score (nSPS) is 21.5. The molecule has 1 aromatic carbocycles. The summed E-state index contributed by atoms with van der Waals surface area (Å²) in [6.07, 6.45) is 3.55. The molecule has 0 heterocycles. The van der Waals surface area contributed by atoms with E-state index in [2.05, 4.69) is 19.2 Å². The maximum absolute atomic E-state index is 10.8. The average Bonchev–Trinajstić information content (AvgIpc) is 2.67. The van der Waals surface area contributed by atoms with E-state index >= 15 is 0 Å². The Morgan fingerprint density at radius 1 is 1.53 bits per heavy atom. The molecule has 1 saturated carbocycles. The number of benzene rings is 1. The molecule has 0 spiro atoms. The molecule has 1 fully saturated rings. The van der Waals surface area contributed by atoms with Crippen LogP contribution in [0.25, 0.3) is 0 Å². The third-order valence-electron chi connectivity index (χ3n) is 3.77. The Morgan fingerprint density at radius 3 is 2.84 bits per heavy atom. The Balaban J connectivity index is 1.97. The topological polar surface area (TPSA) is 55.2 Å². The second kappa shape index (κ2) is 5.47. The van der Waals surface area contributed by atoms with E-state index in [1.165, 1.54) is 12.8 Å². The van der Waals surface area contributed by atoms with Crippen LogP contribution in [0.3, 0.4) is 0 Å². The summed E-state index contributed by atoms with van der Waals surface area (Å²) < 4.78 is 0. The number of hydrogen-bond acceptors (Lipinski definition) is 3. The van der Waals surface area contributed by atoms with E-state index in [-0.39, 0.29) is 10.7 Å². The molecule has 1 aliphatic rings. The van der Waals surface area contributed by atoms with E-state index in [1.807, 2.05) is 6.07 Å². The number of nitrogens with zero attached hydrogens (tertiary/aromatic N) is 1. The predicted molar refractivity (Wildman–Crippen MR) is 76.4 cm³/mol. The first-order valence-electron chi connectivity index (χ1n) is 6.54. The van der Waals surface area contributed by atoms with E-state index in [9.17, 15) is 10.1 Å². The summed E-state index contributed by atoms with van der Waals surface area (Å²) in [5.41, 5.74) is 1.29. The Hall–Kier alpha value is -1.13. The van der Waals surface area contributed by atoms with Crippen LogP contribution in [-0.4, -0.2) is 11.0 Å². The lowest BCUT2D eigenvalue weighted by molar-refractivity contribution is -0.384. The largest absolute Gasteiger partial charge is 0.310 e. The highest BCUT2D eigenvalue weighted by molar-refractivity contribution is 6.32. The molecule has 1 aromatic rings. The van der Waals surface area contributed by atoms with Crippen molar-refractivity contribution in [3.8, 4) is 0 Å². The number of nitro benzene ring substituents is 1. The first kappa shape index (κ1) is 14.3. The monoisotopic (exact) mass is 282 g/mol. The number of hydrogen-bond donors (Lipinski definition) is 1. The van der Waals surface area contributed by atoms with Crippen molar-refractivity contribution in [1.29, 1.82) is 0 Å². The molecule has 1 unspecified atom stereocenters. The summed E-state index contributed by atoms with van der Waals surface area (Å²) in [5, 5.41) is 14.5. The molecule has 1 atom stereocenters. The fraction of sp³-hybridized carbons (Fsp3) is 0.571. The van der Waals surface area contributed by atoms with Crippen LogP contribution in [0.2, 0.25) is 5.02 Å². The summed E-state index contributed by atoms with van der Waals surface area (Å²) in [4.78, 5) is 10.4. The molecule has 2 rings (SSSR count). The maximum Gasteiger partial charge on any atom is 0.288 e. The molecule has 0 aliphatic heterocycles. The zero-order valence-corrected chi connectivity index (χ0v) is 12.0. The third kappa shape index (κ3) is 3.67. The van der Waals surface area contributed by atoms with Gasteiger partial charge in [-0.2, -0.15) is 0 Å². The van der Waals surface area contributed by atoms with Gasteiger partial charge < -0.3 is 5.32 Å². The second-order valence-electron chi connectivity index (χ2n) is 6.03. The smallest absolute Gasteiger partial charge is 0.288 e. The lowest BCUT2D eigenvalue weighted by Crippen LogP contribution is -2.26. The minimum Gasteiger partial charge on any atom is -0.310 e. The van der Waals surface area contributed by atoms with Gasteiger partial charge in [-0.05, 0) is 36.3 Å². The van der Waals surface area contributed by atoms with Gasteiger partial charge in [-0.15, -0.1) is 0 Å². The van der Waals surface area contributed by atoms with Crippen molar-refractivity contribution in [2.24, 2.45) is 5.41 Å². The summed E-state index contributed by atoms with van der Waals surface area (Å²) in [6.45, 7) is 5.21. The van der Waals surface area contributed by atoms with Gasteiger partial charge in [-0.25, -0.2) is 0 Å². The molecule has 1 aliphatic carbocycles. The zero-order chi connectivity index (χ0) is 14.0. The second-order valence-corrected chi connectivity index (χ2v) is 6.43. The lowest BCUT2D eigenvalue weighted by Gasteiger charge is -2.17. The van der Waals surface area contributed by atoms with Gasteiger partial charge in [0.2, 0.25) is 0 Å². The van der Waals surface area contributed by atoms with Crippen molar-refractivity contribution in [3.63, 3.8) is 0 Å². The highest BCUT2D eigenvalue weighted by atomic mass is 35.5. The van der Waals surface area contributed by atoms with Crippen molar-refractivity contribution in [3.05, 3.63) is 38.9 Å². The number of nitro groups is 1. The maximum atomic E-state index is 10.8. The summed E-state index contributed by atoms with van der Waals surface area (Å²) in [6, 6.07) is 5.48. The van der Waals surface area contributed by atoms with Gasteiger partial charge >= 0.3 is 0 Å². The van der Waals surface area contributed by atoms with E-state index in [4.69, 9.17) is 11.6 Å². The Morgan fingerprint density at radius 2 is 2.26 bits per heavy atom. The van der Waals surface area contributed by atoms with Gasteiger partial charge in [0.15, 0.2) is 0 Å². The third-order valence-corrected chi connectivity index (χ3v) is 4.09. The van der Waals surface area contributed by atoms with Gasteiger partial charge in [0.05, 0.1) is 4.92 Å². The van der Waals surface area contributed by atoms with Crippen molar-refractivity contribution >= 4 is 17.3 Å². The summed E-state index contributed by atoms with van der Waals surface area (Å²) in [5.74, 6) is 0. The molecule has 0 amide bonds. The van der Waals surface area contributed by atoms with Gasteiger partial charge in [0.25, 0.3) is 5.69 Å². The molecule has 4 nitrogen and oxygen atoms in total. The molecule has 0 bridgehead atoms. The van der Waals surface area contributed by atoms with E-state index < -0.39 is 4.92 Å².